The summed E-state index contributed by atoms with van der Waals surface area (Å²) in [5.74, 6) is -1.81. The van der Waals surface area contributed by atoms with Gasteiger partial charge in [-0.25, -0.2) is 4.39 Å². The lowest BCUT2D eigenvalue weighted by Crippen LogP contribution is -2.44. The molecule has 1 amide bonds. The fourth-order valence-electron chi connectivity index (χ4n) is 3.53. The minimum Gasteiger partial charge on any atom is -0.790 e. The molecule has 1 fully saturated rings. The van der Waals surface area contributed by atoms with E-state index in [1.54, 1.807) is 23.6 Å². The first-order valence-electron chi connectivity index (χ1n) is 9.82. The summed E-state index contributed by atoms with van der Waals surface area (Å²) >= 11 is 0. The second-order valence-corrected chi connectivity index (χ2v) is 8.39. The molecule has 1 aliphatic heterocycles. The highest BCUT2D eigenvalue weighted by atomic mass is 31.2. The number of pyridine rings is 1. The van der Waals surface area contributed by atoms with Crippen LogP contribution in [0.2, 0.25) is 0 Å². The zero-order chi connectivity index (χ0) is 23.3. The molecule has 174 valence electrons. The summed E-state index contributed by atoms with van der Waals surface area (Å²) in [6.07, 6.45) is -1.51. The Morgan fingerprint density at radius 2 is 1.91 bits per heavy atom. The summed E-state index contributed by atoms with van der Waals surface area (Å²) < 4.78 is 54.1. The summed E-state index contributed by atoms with van der Waals surface area (Å²) in [7, 11) is -5.63. The fourth-order valence-corrected chi connectivity index (χ4v) is 4.08. The van der Waals surface area contributed by atoms with Crippen molar-refractivity contribution in [2.75, 3.05) is 13.2 Å². The number of amides is 1. The van der Waals surface area contributed by atoms with Crippen molar-refractivity contribution < 1.29 is 36.8 Å². The van der Waals surface area contributed by atoms with Crippen LogP contribution in [0.15, 0.2) is 42.6 Å². The van der Waals surface area contributed by atoms with Gasteiger partial charge in [-0.2, -0.15) is 8.78 Å². The molecule has 2 heterocycles. The van der Waals surface area contributed by atoms with E-state index in [1.807, 2.05) is 12.1 Å². The van der Waals surface area contributed by atoms with Crippen molar-refractivity contribution in [3.05, 3.63) is 53.9 Å². The second-order valence-electron chi connectivity index (χ2n) is 7.29. The molecule has 3 rings (SSSR count). The number of benzene rings is 1. The van der Waals surface area contributed by atoms with Gasteiger partial charge in [-0.15, -0.1) is 0 Å². The molecule has 0 aliphatic carbocycles. The van der Waals surface area contributed by atoms with Gasteiger partial charge in [0.1, 0.15) is 12.8 Å². The van der Waals surface area contributed by atoms with Crippen molar-refractivity contribution in [3.63, 3.8) is 0 Å². The van der Waals surface area contributed by atoms with Gasteiger partial charge < -0.3 is 29.5 Å². The Morgan fingerprint density at radius 3 is 2.41 bits per heavy atom. The van der Waals surface area contributed by atoms with E-state index in [9.17, 15) is 32.3 Å². The minimum absolute atomic E-state index is 0.0117. The van der Waals surface area contributed by atoms with E-state index >= 15 is 0 Å². The van der Waals surface area contributed by atoms with E-state index in [1.165, 1.54) is 12.1 Å². The van der Waals surface area contributed by atoms with E-state index in [-0.39, 0.29) is 11.6 Å². The standard InChI is InChI=1S/C20H23F3N3O5P/c21-10-17(26-20(27)19(22)23)18(31-32(28,29)30)13-5-3-12(4-6-13)14-7-8-16(25-11-14)15-2-1-9-24-15/h3-8,11,15,17-19,24H,1-2,9-10H2,(H,26,27)(H2,28,29,30)/p-2/t15?,17-,18-/m1/s1. The van der Waals surface area contributed by atoms with E-state index in [0.29, 0.717) is 5.56 Å². The van der Waals surface area contributed by atoms with Crippen molar-refractivity contribution in [1.29, 1.82) is 0 Å². The van der Waals surface area contributed by atoms with Crippen molar-refractivity contribution in [3.8, 4) is 11.1 Å². The van der Waals surface area contributed by atoms with Gasteiger partial charge in [-0.1, -0.05) is 30.3 Å². The third-order valence-electron chi connectivity index (χ3n) is 5.08. The quantitative estimate of drug-likeness (QED) is 0.534. The van der Waals surface area contributed by atoms with Crippen LogP contribution in [0.25, 0.3) is 11.1 Å². The molecule has 0 saturated carbocycles. The number of aromatic nitrogens is 1. The van der Waals surface area contributed by atoms with Crippen LogP contribution in [0.1, 0.15) is 36.2 Å². The number of hydrogen-bond donors (Lipinski definition) is 2. The van der Waals surface area contributed by atoms with Crippen molar-refractivity contribution in [2.45, 2.75) is 37.5 Å². The third kappa shape index (κ3) is 6.36. The molecule has 3 atom stereocenters. The number of phosphoric ester groups is 1. The van der Waals surface area contributed by atoms with Gasteiger partial charge in [-0.05, 0) is 36.6 Å². The van der Waals surface area contributed by atoms with E-state index in [4.69, 9.17) is 0 Å². The van der Waals surface area contributed by atoms with Crippen LogP contribution >= 0.6 is 7.82 Å². The lowest BCUT2D eigenvalue weighted by atomic mass is 9.99. The first-order valence-corrected chi connectivity index (χ1v) is 11.3. The highest BCUT2D eigenvalue weighted by Gasteiger charge is 2.29. The van der Waals surface area contributed by atoms with Gasteiger partial charge in [0.15, 0.2) is 0 Å². The van der Waals surface area contributed by atoms with Crippen LogP contribution in [0.4, 0.5) is 13.2 Å². The number of alkyl halides is 3. The molecule has 2 aromatic rings. The van der Waals surface area contributed by atoms with E-state index in [2.05, 4.69) is 14.8 Å². The SMILES string of the molecule is O=C(N[C@H](CF)[C@H](OP(=O)([O-])[O-])c1ccc(-c2ccc(C3CCCN3)nc2)cc1)C(F)F. The van der Waals surface area contributed by atoms with Gasteiger partial charge in [0.25, 0.3) is 5.91 Å². The average Bonchev–Trinajstić information content (AvgIpc) is 3.30. The Morgan fingerprint density at radius 1 is 1.22 bits per heavy atom. The van der Waals surface area contributed by atoms with Gasteiger partial charge in [0.05, 0.1) is 19.6 Å². The molecule has 8 nitrogen and oxygen atoms in total. The van der Waals surface area contributed by atoms with E-state index < -0.39 is 39.0 Å². The molecule has 2 N–H and O–H groups in total. The molecule has 0 radical (unpaired) electrons. The first-order chi connectivity index (χ1) is 15.2. The fraction of sp³-hybridized carbons (Fsp3) is 0.400. The smallest absolute Gasteiger partial charge is 0.315 e. The Bertz CT molecular complexity index is 950. The number of carbonyl (C=O) groups excluding carboxylic acids is 1. The largest absolute Gasteiger partial charge is 0.790 e. The predicted octanol–water partition coefficient (Wildman–Crippen LogP) is 1.78. The summed E-state index contributed by atoms with van der Waals surface area (Å²) in [4.78, 5) is 38.0. The normalized spacial score (nSPS) is 18.5. The van der Waals surface area contributed by atoms with Crippen molar-refractivity contribution in [2.24, 2.45) is 0 Å². The number of phosphoric acid groups is 1. The van der Waals surface area contributed by atoms with Crippen molar-refractivity contribution in [1.82, 2.24) is 15.6 Å². The van der Waals surface area contributed by atoms with Gasteiger partial charge in [0, 0.05) is 17.8 Å². The number of nitrogens with zero attached hydrogens (tertiary/aromatic N) is 1. The van der Waals surface area contributed by atoms with Gasteiger partial charge in [0.2, 0.25) is 0 Å². The van der Waals surface area contributed by atoms with Crippen LogP contribution in [0.5, 0.6) is 0 Å². The molecule has 1 aromatic heterocycles. The lowest BCUT2D eigenvalue weighted by molar-refractivity contribution is -0.346. The van der Waals surface area contributed by atoms with Gasteiger partial charge in [-0.3, -0.25) is 9.78 Å². The third-order valence-corrected chi connectivity index (χ3v) is 5.56. The predicted molar refractivity (Wildman–Crippen MR) is 105 cm³/mol. The Labute approximate surface area is 182 Å². The summed E-state index contributed by atoms with van der Waals surface area (Å²) in [6, 6.07) is 7.99. The maximum Gasteiger partial charge on any atom is 0.315 e. The molecular formula is C20H21F3N3O5P-2. The van der Waals surface area contributed by atoms with E-state index in [0.717, 1.165) is 30.6 Å². The number of hydrogen-bond acceptors (Lipinski definition) is 7. The maximum absolute atomic E-state index is 13.5. The second kappa shape index (κ2) is 10.5. The zero-order valence-corrected chi connectivity index (χ0v) is 17.6. The Balaban J connectivity index is 1.81. The average molecular weight is 471 g/mol. The maximum atomic E-state index is 13.5. The molecule has 1 saturated heterocycles. The van der Waals surface area contributed by atoms with Crippen LogP contribution in [-0.2, 0) is 13.9 Å². The number of carbonyl (C=O) groups is 1. The molecule has 0 spiro atoms. The highest BCUT2D eigenvalue weighted by molar-refractivity contribution is 7.43. The van der Waals surface area contributed by atoms with Crippen molar-refractivity contribution >= 4 is 13.7 Å². The molecule has 12 heteroatoms. The number of rotatable bonds is 9. The Kier molecular flexibility index (Phi) is 8.02. The first kappa shape index (κ1) is 24.3. The number of nitrogens with one attached hydrogen (secondary N) is 2. The molecule has 32 heavy (non-hydrogen) atoms. The molecule has 1 aromatic carbocycles. The summed E-state index contributed by atoms with van der Waals surface area (Å²) in [6.45, 7) is -0.498. The van der Waals surface area contributed by atoms with Crippen LogP contribution in [0, 0.1) is 0 Å². The lowest BCUT2D eigenvalue weighted by Gasteiger charge is -2.36. The molecule has 1 unspecified atom stereocenters. The van der Waals surface area contributed by atoms with Crippen LogP contribution in [0.3, 0.4) is 0 Å². The zero-order valence-electron chi connectivity index (χ0n) is 16.7. The Hall–Kier alpha value is -2.30. The minimum atomic E-state index is -5.63. The summed E-state index contributed by atoms with van der Waals surface area (Å²) in [5, 5.41) is 5.01. The summed E-state index contributed by atoms with van der Waals surface area (Å²) in [5.41, 5.74) is 2.37. The van der Waals surface area contributed by atoms with Crippen LogP contribution in [-0.4, -0.2) is 36.6 Å². The monoisotopic (exact) mass is 471 g/mol. The molecule has 1 aliphatic rings. The molecule has 0 bridgehead atoms. The topological polar surface area (TPSA) is 126 Å². The van der Waals surface area contributed by atoms with Crippen LogP contribution < -0.4 is 20.4 Å². The number of halogens is 3. The van der Waals surface area contributed by atoms with Gasteiger partial charge >= 0.3 is 6.43 Å². The highest BCUT2D eigenvalue weighted by Crippen LogP contribution is 2.37. The molecular weight excluding hydrogens is 450 g/mol.